The molecule has 1 aromatic carbocycles. The van der Waals surface area contributed by atoms with Gasteiger partial charge in [0, 0.05) is 5.56 Å². The number of furan rings is 1. The van der Waals surface area contributed by atoms with E-state index < -0.39 is 0 Å². The number of rotatable bonds is 2. The van der Waals surface area contributed by atoms with Gasteiger partial charge in [0.1, 0.15) is 11.5 Å². The molecule has 0 atom stereocenters. The Morgan fingerprint density at radius 2 is 1.94 bits per heavy atom. The first-order valence-corrected chi connectivity index (χ1v) is 5.23. The van der Waals surface area contributed by atoms with Gasteiger partial charge in [-0.25, -0.2) is 0 Å². The van der Waals surface area contributed by atoms with Crippen LogP contribution in [0.2, 0.25) is 0 Å². The van der Waals surface area contributed by atoms with Crippen LogP contribution in [0.15, 0.2) is 34.7 Å². The topological polar surface area (TPSA) is 54.0 Å². The van der Waals surface area contributed by atoms with E-state index in [4.69, 9.17) is 9.68 Å². The van der Waals surface area contributed by atoms with Crippen LogP contribution in [0.3, 0.4) is 0 Å². The minimum Gasteiger partial charge on any atom is -0.461 e. The number of aryl methyl sites for hydroxylation is 1. The molecule has 0 bridgehead atoms. The van der Waals surface area contributed by atoms with Gasteiger partial charge in [-0.1, -0.05) is 0 Å². The predicted octanol–water partition coefficient (Wildman–Crippen LogP) is 3.33. The van der Waals surface area contributed by atoms with E-state index in [0.29, 0.717) is 22.6 Å². The van der Waals surface area contributed by atoms with Crippen LogP contribution >= 0.6 is 0 Å². The number of hydrogen-bond donors (Lipinski definition) is 0. The molecule has 0 N–H and O–H groups in total. The summed E-state index contributed by atoms with van der Waals surface area (Å²) < 4.78 is 5.53. The van der Waals surface area contributed by atoms with Crippen molar-refractivity contribution in [3.05, 3.63) is 47.2 Å². The standard InChI is InChI=1S/C14H11NO2/c1-9(16)13-7-14(17-10(13)2)12-5-3-11(8-15)4-6-12/h3-7H,1-2H3. The van der Waals surface area contributed by atoms with Crippen LogP contribution < -0.4 is 0 Å². The van der Waals surface area contributed by atoms with E-state index in [1.807, 2.05) is 0 Å². The van der Waals surface area contributed by atoms with Crippen LogP contribution in [0.5, 0.6) is 0 Å². The molecule has 0 aliphatic heterocycles. The number of benzene rings is 1. The molecule has 2 aromatic rings. The van der Waals surface area contributed by atoms with E-state index in [1.165, 1.54) is 6.92 Å². The monoisotopic (exact) mass is 225 g/mol. The highest BCUT2D eigenvalue weighted by atomic mass is 16.3. The summed E-state index contributed by atoms with van der Waals surface area (Å²) in [5.41, 5.74) is 2.06. The molecule has 0 saturated heterocycles. The lowest BCUT2D eigenvalue weighted by atomic mass is 10.1. The van der Waals surface area contributed by atoms with Crippen molar-refractivity contribution < 1.29 is 9.21 Å². The Labute approximate surface area is 99.3 Å². The van der Waals surface area contributed by atoms with E-state index in [0.717, 1.165) is 5.56 Å². The third kappa shape index (κ3) is 2.11. The van der Waals surface area contributed by atoms with Gasteiger partial charge in [-0.05, 0) is 44.2 Å². The maximum absolute atomic E-state index is 11.3. The van der Waals surface area contributed by atoms with Gasteiger partial charge in [0.25, 0.3) is 0 Å². The summed E-state index contributed by atoms with van der Waals surface area (Å²) in [5.74, 6) is 1.26. The second-order valence-corrected chi connectivity index (χ2v) is 3.83. The molecule has 0 saturated carbocycles. The summed E-state index contributed by atoms with van der Waals surface area (Å²) in [6.07, 6.45) is 0. The molecule has 1 aromatic heterocycles. The van der Waals surface area contributed by atoms with E-state index in [2.05, 4.69) is 6.07 Å². The molecule has 0 aliphatic rings. The summed E-state index contributed by atoms with van der Waals surface area (Å²) in [5, 5.41) is 8.70. The van der Waals surface area contributed by atoms with Crippen molar-refractivity contribution >= 4 is 5.78 Å². The second-order valence-electron chi connectivity index (χ2n) is 3.83. The van der Waals surface area contributed by atoms with Gasteiger partial charge < -0.3 is 4.42 Å². The predicted molar refractivity (Wildman–Crippen MR) is 63.6 cm³/mol. The number of carbonyl (C=O) groups excluding carboxylic acids is 1. The molecule has 17 heavy (non-hydrogen) atoms. The highest BCUT2D eigenvalue weighted by Crippen LogP contribution is 2.25. The summed E-state index contributed by atoms with van der Waals surface area (Å²) in [6, 6.07) is 10.8. The number of Topliss-reactive ketones (excluding diaryl/α,β-unsaturated/α-hetero) is 1. The molecule has 84 valence electrons. The number of nitriles is 1. The zero-order valence-electron chi connectivity index (χ0n) is 9.65. The van der Waals surface area contributed by atoms with Gasteiger partial charge in [0.2, 0.25) is 0 Å². The molecule has 1 heterocycles. The second kappa shape index (κ2) is 4.26. The zero-order chi connectivity index (χ0) is 12.4. The molecule has 0 unspecified atom stereocenters. The third-order valence-corrected chi connectivity index (χ3v) is 2.60. The quantitative estimate of drug-likeness (QED) is 0.736. The SMILES string of the molecule is CC(=O)c1cc(-c2ccc(C#N)cc2)oc1C. The van der Waals surface area contributed by atoms with Crippen LogP contribution in [0.1, 0.15) is 28.6 Å². The molecule has 3 heteroatoms. The Hall–Kier alpha value is -2.34. The smallest absolute Gasteiger partial charge is 0.163 e. The van der Waals surface area contributed by atoms with Crippen LogP contribution in [0, 0.1) is 18.3 Å². The van der Waals surface area contributed by atoms with Crippen molar-refractivity contribution in [3.8, 4) is 17.4 Å². The van der Waals surface area contributed by atoms with E-state index >= 15 is 0 Å². The van der Waals surface area contributed by atoms with Crippen LogP contribution in [-0.2, 0) is 0 Å². The van der Waals surface area contributed by atoms with E-state index in [9.17, 15) is 4.79 Å². The Kier molecular flexibility index (Phi) is 2.80. The van der Waals surface area contributed by atoms with Crippen molar-refractivity contribution in [3.63, 3.8) is 0 Å². The van der Waals surface area contributed by atoms with Crippen molar-refractivity contribution in [2.75, 3.05) is 0 Å². The lowest BCUT2D eigenvalue weighted by Gasteiger charge is -1.95. The Morgan fingerprint density at radius 3 is 2.41 bits per heavy atom. The van der Waals surface area contributed by atoms with Crippen molar-refractivity contribution in [2.45, 2.75) is 13.8 Å². The zero-order valence-corrected chi connectivity index (χ0v) is 9.65. The van der Waals surface area contributed by atoms with E-state index in [-0.39, 0.29) is 5.78 Å². The van der Waals surface area contributed by atoms with Gasteiger partial charge in [-0.15, -0.1) is 0 Å². The molecule has 0 spiro atoms. The van der Waals surface area contributed by atoms with Gasteiger partial charge in [0.05, 0.1) is 17.2 Å². The van der Waals surface area contributed by atoms with Crippen LogP contribution in [0.25, 0.3) is 11.3 Å². The maximum Gasteiger partial charge on any atom is 0.163 e. The fourth-order valence-corrected chi connectivity index (χ4v) is 1.68. The lowest BCUT2D eigenvalue weighted by molar-refractivity contribution is 0.101. The maximum atomic E-state index is 11.3. The average Bonchev–Trinajstić information content (AvgIpc) is 2.71. The first-order chi connectivity index (χ1) is 8.11. The summed E-state index contributed by atoms with van der Waals surface area (Å²) in [7, 11) is 0. The van der Waals surface area contributed by atoms with Crippen molar-refractivity contribution in [2.24, 2.45) is 0 Å². The lowest BCUT2D eigenvalue weighted by Crippen LogP contribution is -1.90. The highest BCUT2D eigenvalue weighted by molar-refractivity contribution is 5.96. The minimum absolute atomic E-state index is 0.00820. The first kappa shape index (κ1) is 11.2. The Morgan fingerprint density at radius 1 is 1.29 bits per heavy atom. The number of ketones is 1. The Balaban J connectivity index is 2.43. The third-order valence-electron chi connectivity index (χ3n) is 2.60. The summed E-state index contributed by atoms with van der Waals surface area (Å²) in [4.78, 5) is 11.3. The van der Waals surface area contributed by atoms with Gasteiger partial charge in [-0.2, -0.15) is 5.26 Å². The summed E-state index contributed by atoms with van der Waals surface area (Å²) >= 11 is 0. The molecule has 2 rings (SSSR count). The van der Waals surface area contributed by atoms with Gasteiger partial charge in [-0.3, -0.25) is 4.79 Å². The first-order valence-electron chi connectivity index (χ1n) is 5.23. The molecule has 0 amide bonds. The minimum atomic E-state index is -0.00820. The summed E-state index contributed by atoms with van der Waals surface area (Å²) in [6.45, 7) is 3.28. The highest BCUT2D eigenvalue weighted by Gasteiger charge is 2.12. The molecule has 0 aliphatic carbocycles. The van der Waals surface area contributed by atoms with E-state index in [1.54, 1.807) is 37.3 Å². The fraction of sp³-hybridized carbons (Fsp3) is 0.143. The van der Waals surface area contributed by atoms with Crippen molar-refractivity contribution in [1.82, 2.24) is 0 Å². The average molecular weight is 225 g/mol. The molecule has 0 radical (unpaired) electrons. The number of hydrogen-bond acceptors (Lipinski definition) is 3. The van der Waals surface area contributed by atoms with Gasteiger partial charge >= 0.3 is 0 Å². The number of carbonyl (C=O) groups is 1. The Bertz CT molecular complexity index is 600. The van der Waals surface area contributed by atoms with Crippen LogP contribution in [-0.4, -0.2) is 5.78 Å². The van der Waals surface area contributed by atoms with Crippen molar-refractivity contribution in [1.29, 1.82) is 5.26 Å². The van der Waals surface area contributed by atoms with Gasteiger partial charge in [0.15, 0.2) is 5.78 Å². The number of nitrogens with zero attached hydrogens (tertiary/aromatic N) is 1. The van der Waals surface area contributed by atoms with Crippen LogP contribution in [0.4, 0.5) is 0 Å². The normalized spacial score (nSPS) is 9.94. The molecular formula is C14H11NO2. The molecule has 0 fully saturated rings. The molecule has 3 nitrogen and oxygen atoms in total. The largest absolute Gasteiger partial charge is 0.461 e. The fourth-order valence-electron chi connectivity index (χ4n) is 1.68. The molecular weight excluding hydrogens is 214 g/mol.